The molecule has 0 N–H and O–H groups in total. The maximum Gasteiger partial charge on any atom is 1.00 e. The van der Waals surface area contributed by atoms with Crippen LogP contribution in [0, 0.1) is 13.8 Å². The van der Waals surface area contributed by atoms with E-state index in [0.29, 0.717) is 32.8 Å². The van der Waals surface area contributed by atoms with Crippen LogP contribution in [0.2, 0.25) is 10.0 Å². The van der Waals surface area contributed by atoms with E-state index in [0.717, 1.165) is 0 Å². The molecule has 2 heterocycles. The number of carbonyl (C=O) groups excluding carboxylic acids is 2. The second-order valence-corrected chi connectivity index (χ2v) is 8.22. The summed E-state index contributed by atoms with van der Waals surface area (Å²) in [7, 11) is 0. The van der Waals surface area contributed by atoms with Crippen molar-refractivity contribution < 1.29 is 101 Å². The Hall–Kier alpha value is -1.64. The van der Waals surface area contributed by atoms with Crippen molar-refractivity contribution in [2.24, 2.45) is 0 Å². The first kappa shape index (κ1) is 34.4. The van der Waals surface area contributed by atoms with Gasteiger partial charge in [-0.3, -0.25) is 9.59 Å². The quantitative estimate of drug-likeness (QED) is 0.215. The first-order valence-corrected chi connectivity index (χ1v) is 10.9. The summed E-state index contributed by atoms with van der Waals surface area (Å²) in [5, 5.41) is 30.2. The molecule has 0 aliphatic rings. The number of hydrogen-bond acceptors (Lipinski definition) is 8. The molecule has 0 aliphatic heterocycles. The minimum absolute atomic E-state index is 0. The Labute approximate surface area is 290 Å². The zero-order chi connectivity index (χ0) is 26.6. The molecule has 0 spiro atoms. The molecule has 14 heteroatoms. The number of benzene rings is 2. The molecule has 4 rings (SSSR count). The van der Waals surface area contributed by atoms with Gasteiger partial charge >= 0.3 is 80.9 Å². The average Bonchev–Trinajstić information content (AvgIpc) is 2.81. The Morgan fingerprint density at radius 2 is 0.974 bits per heavy atom. The predicted molar refractivity (Wildman–Crippen MR) is 128 cm³/mol. The van der Waals surface area contributed by atoms with Gasteiger partial charge in [-0.25, -0.2) is 9.36 Å². The number of carbonyl (C=O) groups is 2. The van der Waals surface area contributed by atoms with E-state index in [1.807, 2.05) is 0 Å². The van der Waals surface area contributed by atoms with Crippen LogP contribution < -0.4 is 102 Å². The first-order chi connectivity index (χ1) is 17.0. The number of rotatable bonds is 4. The molecule has 2 aromatic carbocycles. The number of aryl methyl sites for hydroxylation is 2. The van der Waals surface area contributed by atoms with E-state index in [1.54, 1.807) is 62.4 Å². The van der Waals surface area contributed by atoms with E-state index in [4.69, 9.17) is 23.2 Å². The van der Waals surface area contributed by atoms with Crippen LogP contribution in [0.15, 0.2) is 70.3 Å². The second-order valence-electron chi connectivity index (χ2n) is 7.35. The van der Waals surface area contributed by atoms with Crippen LogP contribution in [-0.4, -0.2) is 31.5 Å². The molecule has 0 fully saturated rings. The summed E-state index contributed by atoms with van der Waals surface area (Å²) >= 11 is 11.5. The molecule has 0 unspecified atom stereocenters. The van der Waals surface area contributed by atoms with Gasteiger partial charge in [-0.05, 0) is 62.4 Å². The van der Waals surface area contributed by atoms with Crippen molar-refractivity contribution in [3.63, 3.8) is 0 Å². The number of carboxylic acid groups (broad SMARTS) is 2. The van der Waals surface area contributed by atoms with Gasteiger partial charge in [0.25, 0.3) is 0 Å². The molecule has 10 nitrogen and oxygen atoms in total. The van der Waals surface area contributed by atoms with Gasteiger partial charge in [-0.15, -0.1) is 0 Å². The maximum absolute atomic E-state index is 11.4. The molecule has 38 heavy (non-hydrogen) atoms. The molecule has 0 radical (unpaired) electrons. The Kier molecular flexibility index (Phi) is 13.8. The van der Waals surface area contributed by atoms with E-state index in [-0.39, 0.29) is 80.9 Å². The second kappa shape index (κ2) is 15.2. The molecule has 0 saturated heterocycles. The molecule has 2 aromatic heterocycles. The van der Waals surface area contributed by atoms with Crippen LogP contribution in [-0.2, 0) is 0 Å². The first-order valence-electron chi connectivity index (χ1n) is 10.1. The Bertz CT molecular complexity index is 1460. The van der Waals surface area contributed by atoms with Gasteiger partial charge in [-0.1, -0.05) is 23.2 Å². The summed E-state index contributed by atoms with van der Waals surface area (Å²) in [6, 6.07) is 15.7. The van der Waals surface area contributed by atoms with Crippen molar-refractivity contribution in [2.75, 3.05) is 0 Å². The van der Waals surface area contributed by atoms with Crippen LogP contribution in [0.5, 0.6) is 0 Å². The molecular weight excluding hydrogens is 573 g/mol. The van der Waals surface area contributed by atoms with Gasteiger partial charge in [0, 0.05) is 33.6 Å². The van der Waals surface area contributed by atoms with E-state index >= 15 is 0 Å². The monoisotopic (exact) mass is 588 g/mol. The van der Waals surface area contributed by atoms with E-state index in [1.165, 1.54) is 21.5 Å². The van der Waals surface area contributed by atoms with Gasteiger partial charge in [0.2, 0.25) is 10.9 Å². The van der Waals surface area contributed by atoms with Crippen molar-refractivity contribution in [3.05, 3.63) is 114 Å². The molecule has 0 saturated carbocycles. The maximum atomic E-state index is 11.4. The number of carboxylic acids is 2. The molecule has 0 aliphatic carbocycles. The SMILES string of the molecule is Cc1cc(=O)c(C(=O)[O-])nn1-c1ccc(Cl)cc1.Cc1cc(=O)c(C(=O)[O-])nn1-c1ccc(Cl)cc1.[K+].[Na+]. The molecular formula is C24H16Cl2KN4NaO6. The summed E-state index contributed by atoms with van der Waals surface area (Å²) in [5.74, 6) is -3.19. The summed E-state index contributed by atoms with van der Waals surface area (Å²) in [4.78, 5) is 44.3. The zero-order valence-electron chi connectivity index (χ0n) is 20.8. The fourth-order valence-corrected chi connectivity index (χ4v) is 3.32. The van der Waals surface area contributed by atoms with Crippen molar-refractivity contribution in [1.82, 2.24) is 19.6 Å². The van der Waals surface area contributed by atoms with E-state index in [9.17, 15) is 29.4 Å². The van der Waals surface area contributed by atoms with Crippen LogP contribution in [0.25, 0.3) is 11.4 Å². The Balaban J connectivity index is 0.000000361. The van der Waals surface area contributed by atoms with Gasteiger partial charge in [0.15, 0.2) is 11.4 Å². The smallest absolute Gasteiger partial charge is 0.543 e. The van der Waals surface area contributed by atoms with Crippen LogP contribution in [0.1, 0.15) is 32.4 Å². The molecule has 4 aromatic rings. The van der Waals surface area contributed by atoms with Gasteiger partial charge in [-0.2, -0.15) is 10.2 Å². The Morgan fingerprint density at radius 1 is 0.684 bits per heavy atom. The van der Waals surface area contributed by atoms with Crippen LogP contribution in [0.4, 0.5) is 0 Å². The minimum Gasteiger partial charge on any atom is -0.543 e. The average molecular weight is 589 g/mol. The molecule has 184 valence electrons. The minimum atomic E-state index is -1.59. The fourth-order valence-electron chi connectivity index (χ4n) is 3.06. The molecule has 0 atom stereocenters. The topological polar surface area (TPSA) is 150 Å². The largest absolute Gasteiger partial charge is 1.00 e. The summed E-state index contributed by atoms with van der Waals surface area (Å²) < 4.78 is 2.70. The van der Waals surface area contributed by atoms with Gasteiger partial charge in [0.05, 0.1) is 23.3 Å². The van der Waals surface area contributed by atoms with Gasteiger partial charge in [0.1, 0.15) is 0 Å². The standard InChI is InChI=1S/2C12H9ClN2O3.K.Na/c2*1-7-6-10(16)11(12(17)18)14-15(7)9-4-2-8(13)3-5-9;;/h2*2-6H,1H3,(H,17,18);;/q;;2*+1/p-2. The number of aromatic carboxylic acids is 2. The number of halogens is 2. The normalized spacial score (nSPS) is 9.79. The molecule has 0 bridgehead atoms. The molecule has 0 amide bonds. The summed E-state index contributed by atoms with van der Waals surface area (Å²) in [6.07, 6.45) is 0. The van der Waals surface area contributed by atoms with Crippen molar-refractivity contribution >= 4 is 35.1 Å². The van der Waals surface area contributed by atoms with Crippen molar-refractivity contribution in [2.45, 2.75) is 13.8 Å². The van der Waals surface area contributed by atoms with Crippen LogP contribution in [0.3, 0.4) is 0 Å². The number of aromatic nitrogens is 4. The van der Waals surface area contributed by atoms with Crippen molar-refractivity contribution in [1.29, 1.82) is 0 Å². The van der Waals surface area contributed by atoms with Crippen LogP contribution >= 0.6 is 23.2 Å². The van der Waals surface area contributed by atoms with E-state index in [2.05, 4.69) is 10.2 Å². The van der Waals surface area contributed by atoms with Crippen molar-refractivity contribution in [3.8, 4) is 11.4 Å². The summed E-state index contributed by atoms with van der Waals surface area (Å²) in [5.41, 5.74) is -0.306. The number of hydrogen-bond donors (Lipinski definition) is 0. The zero-order valence-corrected chi connectivity index (χ0v) is 27.4. The third-order valence-electron chi connectivity index (χ3n) is 4.74. The Morgan fingerprint density at radius 3 is 1.24 bits per heavy atom. The summed E-state index contributed by atoms with van der Waals surface area (Å²) in [6.45, 7) is 3.31. The van der Waals surface area contributed by atoms with E-state index < -0.39 is 34.2 Å². The number of nitrogens with zero attached hydrogens (tertiary/aromatic N) is 4. The van der Waals surface area contributed by atoms with Gasteiger partial charge < -0.3 is 19.8 Å². The third kappa shape index (κ3) is 8.68. The fraction of sp³-hybridized carbons (Fsp3) is 0.0833. The predicted octanol–water partition coefficient (Wildman–Crippen LogP) is -4.88. The third-order valence-corrected chi connectivity index (χ3v) is 5.25.